The second kappa shape index (κ2) is 7.07. The second-order valence-corrected chi connectivity index (χ2v) is 5.44. The minimum Gasteiger partial charge on any atom is -0.494 e. The van der Waals surface area contributed by atoms with E-state index >= 15 is 0 Å². The maximum Gasteiger partial charge on any atom is 0.119 e. The molecule has 3 unspecified atom stereocenters. The normalized spacial score (nSPS) is 23.3. The first-order valence-electron chi connectivity index (χ1n) is 7.45. The van der Waals surface area contributed by atoms with Gasteiger partial charge in [0.1, 0.15) is 5.75 Å². The molecule has 2 N–H and O–H groups in total. The summed E-state index contributed by atoms with van der Waals surface area (Å²) in [6.45, 7) is 9.55. The molecule has 1 aliphatic heterocycles. The van der Waals surface area contributed by atoms with Gasteiger partial charge >= 0.3 is 0 Å². The van der Waals surface area contributed by atoms with Crippen LogP contribution in [0.1, 0.15) is 32.4 Å². The van der Waals surface area contributed by atoms with Gasteiger partial charge in [-0.3, -0.25) is 4.90 Å². The van der Waals surface area contributed by atoms with Crippen LogP contribution in [0.2, 0.25) is 0 Å². The van der Waals surface area contributed by atoms with Crippen molar-refractivity contribution in [3.05, 3.63) is 29.8 Å². The van der Waals surface area contributed by atoms with E-state index in [-0.39, 0.29) is 12.1 Å². The Balaban J connectivity index is 2.00. The Morgan fingerprint density at radius 3 is 2.65 bits per heavy atom. The maximum atomic E-state index is 5.95. The molecule has 3 atom stereocenters. The molecular weight excluding hydrogens is 252 g/mol. The molecule has 112 valence electrons. The number of hydrogen-bond acceptors (Lipinski definition) is 4. The molecule has 20 heavy (non-hydrogen) atoms. The van der Waals surface area contributed by atoms with Crippen LogP contribution in [0.25, 0.3) is 0 Å². The van der Waals surface area contributed by atoms with Gasteiger partial charge in [-0.2, -0.15) is 0 Å². The summed E-state index contributed by atoms with van der Waals surface area (Å²) in [4.78, 5) is 2.44. The van der Waals surface area contributed by atoms with Crippen molar-refractivity contribution in [2.24, 2.45) is 5.73 Å². The number of ether oxygens (including phenoxy) is 2. The Morgan fingerprint density at radius 2 is 2.05 bits per heavy atom. The van der Waals surface area contributed by atoms with Gasteiger partial charge < -0.3 is 15.2 Å². The van der Waals surface area contributed by atoms with Gasteiger partial charge in [-0.15, -0.1) is 0 Å². The SMILES string of the molecule is CCOc1ccc(C(C)N2CCOC(C(C)N)C2)cc1. The predicted octanol–water partition coefficient (Wildman–Crippen LogP) is 2.19. The van der Waals surface area contributed by atoms with Gasteiger partial charge in [0.2, 0.25) is 0 Å². The van der Waals surface area contributed by atoms with Crippen LogP contribution in [-0.2, 0) is 4.74 Å². The number of benzene rings is 1. The van der Waals surface area contributed by atoms with E-state index in [0.717, 1.165) is 25.4 Å². The first-order chi connectivity index (χ1) is 9.61. The van der Waals surface area contributed by atoms with E-state index in [1.54, 1.807) is 0 Å². The standard InChI is InChI=1S/C16H26N2O2/c1-4-19-15-7-5-14(6-8-15)13(3)18-9-10-20-16(11-18)12(2)17/h5-8,12-13,16H,4,9-11,17H2,1-3H3. The first-order valence-corrected chi connectivity index (χ1v) is 7.45. The Bertz CT molecular complexity index is 405. The van der Waals surface area contributed by atoms with E-state index in [4.69, 9.17) is 15.2 Å². The highest BCUT2D eigenvalue weighted by Gasteiger charge is 2.26. The van der Waals surface area contributed by atoms with Crippen LogP contribution in [-0.4, -0.2) is 43.3 Å². The monoisotopic (exact) mass is 278 g/mol. The summed E-state index contributed by atoms with van der Waals surface area (Å²) in [6.07, 6.45) is 0.133. The summed E-state index contributed by atoms with van der Waals surface area (Å²) in [6, 6.07) is 8.82. The van der Waals surface area contributed by atoms with E-state index in [0.29, 0.717) is 12.6 Å². The highest BCUT2D eigenvalue weighted by atomic mass is 16.5. The fourth-order valence-electron chi connectivity index (χ4n) is 2.59. The molecule has 0 amide bonds. The van der Waals surface area contributed by atoms with Crippen molar-refractivity contribution in [3.63, 3.8) is 0 Å². The molecule has 2 rings (SSSR count). The molecule has 1 saturated heterocycles. The van der Waals surface area contributed by atoms with Crippen LogP contribution in [0.3, 0.4) is 0 Å². The van der Waals surface area contributed by atoms with Crippen molar-refractivity contribution >= 4 is 0 Å². The third kappa shape index (κ3) is 3.72. The summed E-state index contributed by atoms with van der Waals surface area (Å²) in [5, 5.41) is 0. The zero-order chi connectivity index (χ0) is 14.5. The number of hydrogen-bond donors (Lipinski definition) is 1. The molecule has 4 nitrogen and oxygen atoms in total. The van der Waals surface area contributed by atoms with Crippen LogP contribution < -0.4 is 10.5 Å². The van der Waals surface area contributed by atoms with Crippen LogP contribution in [0.5, 0.6) is 5.75 Å². The minimum atomic E-state index is 0.0744. The lowest BCUT2D eigenvalue weighted by atomic mass is 10.0. The van der Waals surface area contributed by atoms with E-state index < -0.39 is 0 Å². The number of nitrogens with zero attached hydrogens (tertiary/aromatic N) is 1. The topological polar surface area (TPSA) is 47.7 Å². The van der Waals surface area contributed by atoms with Crippen LogP contribution in [0, 0.1) is 0 Å². The van der Waals surface area contributed by atoms with Crippen molar-refractivity contribution in [1.29, 1.82) is 0 Å². The van der Waals surface area contributed by atoms with Gasteiger partial charge in [-0.05, 0) is 38.5 Å². The first kappa shape index (κ1) is 15.3. The molecule has 0 bridgehead atoms. The summed E-state index contributed by atoms with van der Waals surface area (Å²) < 4.78 is 11.2. The Kier molecular flexibility index (Phi) is 5.40. The molecule has 0 radical (unpaired) electrons. The molecule has 0 spiro atoms. The number of morpholine rings is 1. The highest BCUT2D eigenvalue weighted by molar-refractivity contribution is 5.29. The summed E-state index contributed by atoms with van der Waals surface area (Å²) >= 11 is 0. The third-order valence-electron chi connectivity index (χ3n) is 3.93. The molecule has 1 fully saturated rings. The van der Waals surface area contributed by atoms with E-state index in [2.05, 4.69) is 24.0 Å². The molecule has 1 heterocycles. The lowest BCUT2D eigenvalue weighted by molar-refractivity contribution is -0.0498. The Morgan fingerprint density at radius 1 is 1.35 bits per heavy atom. The zero-order valence-electron chi connectivity index (χ0n) is 12.7. The molecule has 0 aliphatic carbocycles. The molecule has 1 aliphatic rings. The fraction of sp³-hybridized carbons (Fsp3) is 0.625. The van der Waals surface area contributed by atoms with Gasteiger partial charge in [-0.25, -0.2) is 0 Å². The van der Waals surface area contributed by atoms with Gasteiger partial charge in [0.25, 0.3) is 0 Å². The van der Waals surface area contributed by atoms with Gasteiger partial charge in [-0.1, -0.05) is 12.1 Å². The van der Waals surface area contributed by atoms with Crippen molar-refractivity contribution in [3.8, 4) is 5.75 Å². The van der Waals surface area contributed by atoms with E-state index in [9.17, 15) is 0 Å². The molecule has 1 aromatic carbocycles. The summed E-state index contributed by atoms with van der Waals surface area (Å²) in [5.41, 5.74) is 7.26. The average Bonchev–Trinajstić information content (AvgIpc) is 2.48. The second-order valence-electron chi connectivity index (χ2n) is 5.44. The smallest absolute Gasteiger partial charge is 0.119 e. The minimum absolute atomic E-state index is 0.0744. The quantitative estimate of drug-likeness (QED) is 0.897. The maximum absolute atomic E-state index is 5.95. The lowest BCUT2D eigenvalue weighted by Crippen LogP contribution is -2.50. The Hall–Kier alpha value is -1.10. The summed E-state index contributed by atoms with van der Waals surface area (Å²) in [7, 11) is 0. The fourth-order valence-corrected chi connectivity index (χ4v) is 2.59. The van der Waals surface area contributed by atoms with Crippen molar-refractivity contribution < 1.29 is 9.47 Å². The predicted molar refractivity (Wildman–Crippen MR) is 81.0 cm³/mol. The zero-order valence-corrected chi connectivity index (χ0v) is 12.7. The van der Waals surface area contributed by atoms with E-state index in [1.807, 2.05) is 26.0 Å². The number of nitrogens with two attached hydrogens (primary N) is 1. The van der Waals surface area contributed by atoms with E-state index in [1.165, 1.54) is 5.56 Å². The molecule has 4 heteroatoms. The van der Waals surface area contributed by atoms with Crippen molar-refractivity contribution in [2.75, 3.05) is 26.3 Å². The third-order valence-corrected chi connectivity index (χ3v) is 3.93. The van der Waals surface area contributed by atoms with Crippen LogP contribution in [0.15, 0.2) is 24.3 Å². The van der Waals surface area contributed by atoms with Crippen molar-refractivity contribution in [1.82, 2.24) is 4.90 Å². The average molecular weight is 278 g/mol. The molecular formula is C16H26N2O2. The number of rotatable bonds is 5. The summed E-state index contributed by atoms with van der Waals surface area (Å²) in [5.74, 6) is 0.930. The van der Waals surface area contributed by atoms with Gasteiger partial charge in [0.05, 0.1) is 19.3 Å². The lowest BCUT2D eigenvalue weighted by Gasteiger charge is -2.38. The van der Waals surface area contributed by atoms with Crippen LogP contribution in [0.4, 0.5) is 0 Å². The van der Waals surface area contributed by atoms with Crippen molar-refractivity contribution in [2.45, 2.75) is 39.0 Å². The highest BCUT2D eigenvalue weighted by Crippen LogP contribution is 2.25. The van der Waals surface area contributed by atoms with Gasteiger partial charge in [0.15, 0.2) is 0 Å². The largest absolute Gasteiger partial charge is 0.494 e. The van der Waals surface area contributed by atoms with Crippen LogP contribution >= 0.6 is 0 Å². The van der Waals surface area contributed by atoms with Gasteiger partial charge in [0, 0.05) is 25.2 Å². The molecule has 0 aromatic heterocycles. The molecule has 1 aromatic rings. The molecule has 0 saturated carbocycles. The Labute approximate surface area is 121 Å².